The van der Waals surface area contributed by atoms with Gasteiger partial charge in [-0.25, -0.2) is 4.98 Å². The quantitative estimate of drug-likeness (QED) is 0.859. The van der Waals surface area contributed by atoms with Crippen molar-refractivity contribution in [2.45, 2.75) is 6.54 Å². The van der Waals surface area contributed by atoms with Gasteiger partial charge in [-0.15, -0.1) is 0 Å². The van der Waals surface area contributed by atoms with Gasteiger partial charge in [0.15, 0.2) is 5.69 Å². The Labute approximate surface area is 117 Å². The van der Waals surface area contributed by atoms with Crippen LogP contribution in [-0.4, -0.2) is 34.0 Å². The van der Waals surface area contributed by atoms with Crippen LogP contribution in [0.5, 0.6) is 0 Å². The third kappa shape index (κ3) is 3.33. The lowest BCUT2D eigenvalue weighted by molar-refractivity contribution is 0.0703. The highest BCUT2D eigenvalue weighted by Gasteiger charge is 2.19. The van der Waals surface area contributed by atoms with Gasteiger partial charge in [0.1, 0.15) is 0 Å². The number of nitrogens with two attached hydrogens (primary N) is 1. The van der Waals surface area contributed by atoms with Crippen molar-refractivity contribution in [3.8, 4) is 0 Å². The SMILES string of the molecule is Nc1cccnc1C(=O)N(CCO)Cc1ccccc1. The van der Waals surface area contributed by atoms with E-state index in [2.05, 4.69) is 4.98 Å². The number of amides is 1. The number of aliphatic hydroxyl groups is 1. The standard InChI is InChI=1S/C15H17N3O2/c16-13-7-4-8-17-14(13)15(20)18(9-10-19)11-12-5-2-1-3-6-12/h1-8,19H,9-11,16H2. The van der Waals surface area contributed by atoms with Crippen LogP contribution in [0.15, 0.2) is 48.7 Å². The molecule has 3 N–H and O–H groups in total. The molecule has 0 spiro atoms. The van der Waals surface area contributed by atoms with E-state index in [9.17, 15) is 4.79 Å². The van der Waals surface area contributed by atoms with Gasteiger partial charge in [0.25, 0.3) is 5.91 Å². The molecule has 0 unspecified atom stereocenters. The molecule has 5 heteroatoms. The van der Waals surface area contributed by atoms with Gasteiger partial charge in [0.05, 0.1) is 12.3 Å². The van der Waals surface area contributed by atoms with Crippen LogP contribution in [0.2, 0.25) is 0 Å². The minimum atomic E-state index is -0.277. The molecule has 0 saturated heterocycles. The van der Waals surface area contributed by atoms with E-state index < -0.39 is 0 Å². The third-order valence-electron chi connectivity index (χ3n) is 2.91. The summed E-state index contributed by atoms with van der Waals surface area (Å²) < 4.78 is 0. The average Bonchev–Trinajstić information content (AvgIpc) is 2.48. The van der Waals surface area contributed by atoms with Crippen LogP contribution in [0.1, 0.15) is 16.1 Å². The number of benzene rings is 1. The van der Waals surface area contributed by atoms with E-state index in [0.717, 1.165) is 5.56 Å². The Bertz CT molecular complexity index is 572. The van der Waals surface area contributed by atoms with Crippen LogP contribution >= 0.6 is 0 Å². The molecule has 0 saturated carbocycles. The van der Waals surface area contributed by atoms with Crippen molar-refractivity contribution >= 4 is 11.6 Å². The number of nitrogens with zero attached hydrogens (tertiary/aromatic N) is 2. The zero-order chi connectivity index (χ0) is 14.4. The van der Waals surface area contributed by atoms with Crippen molar-refractivity contribution in [3.63, 3.8) is 0 Å². The molecule has 0 bridgehead atoms. The average molecular weight is 271 g/mol. The molecular weight excluding hydrogens is 254 g/mol. The number of nitrogen functional groups attached to an aromatic ring is 1. The molecule has 1 aromatic carbocycles. The first-order valence-electron chi connectivity index (χ1n) is 6.37. The van der Waals surface area contributed by atoms with Crippen LogP contribution in [0.4, 0.5) is 5.69 Å². The van der Waals surface area contributed by atoms with Crippen LogP contribution in [0.25, 0.3) is 0 Å². The van der Waals surface area contributed by atoms with Gasteiger partial charge >= 0.3 is 0 Å². The second-order valence-corrected chi connectivity index (χ2v) is 4.38. The number of carbonyl (C=O) groups is 1. The summed E-state index contributed by atoms with van der Waals surface area (Å²) in [5.41, 5.74) is 7.33. The van der Waals surface area contributed by atoms with E-state index in [4.69, 9.17) is 10.8 Å². The van der Waals surface area contributed by atoms with Crippen LogP contribution in [0, 0.1) is 0 Å². The smallest absolute Gasteiger partial charge is 0.274 e. The van der Waals surface area contributed by atoms with E-state index in [1.165, 1.54) is 11.1 Å². The Morgan fingerprint density at radius 1 is 1.20 bits per heavy atom. The summed E-state index contributed by atoms with van der Waals surface area (Å²) in [6.07, 6.45) is 1.53. The predicted molar refractivity (Wildman–Crippen MR) is 76.9 cm³/mol. The van der Waals surface area contributed by atoms with E-state index in [-0.39, 0.29) is 24.8 Å². The van der Waals surface area contributed by atoms with Gasteiger partial charge in [-0.05, 0) is 17.7 Å². The molecule has 1 heterocycles. The molecule has 0 aliphatic rings. The number of anilines is 1. The minimum Gasteiger partial charge on any atom is -0.397 e. The molecule has 0 fully saturated rings. The lowest BCUT2D eigenvalue weighted by Crippen LogP contribution is -2.34. The second-order valence-electron chi connectivity index (χ2n) is 4.38. The molecule has 1 aromatic heterocycles. The summed E-state index contributed by atoms with van der Waals surface area (Å²) in [5.74, 6) is -0.277. The number of hydrogen-bond donors (Lipinski definition) is 2. The Morgan fingerprint density at radius 3 is 2.60 bits per heavy atom. The number of aliphatic hydroxyl groups excluding tert-OH is 1. The van der Waals surface area contributed by atoms with Gasteiger partial charge in [-0.2, -0.15) is 0 Å². The molecule has 0 aliphatic carbocycles. The van der Waals surface area contributed by atoms with Crippen molar-refractivity contribution in [2.75, 3.05) is 18.9 Å². The Hall–Kier alpha value is -2.40. The fourth-order valence-corrected chi connectivity index (χ4v) is 1.92. The van der Waals surface area contributed by atoms with Crippen LogP contribution < -0.4 is 5.73 Å². The van der Waals surface area contributed by atoms with Crippen molar-refractivity contribution in [2.24, 2.45) is 0 Å². The van der Waals surface area contributed by atoms with E-state index in [1.54, 1.807) is 12.1 Å². The molecule has 2 rings (SSSR count). The molecule has 2 aromatic rings. The molecule has 1 amide bonds. The maximum atomic E-state index is 12.4. The predicted octanol–water partition coefficient (Wildman–Crippen LogP) is 1.30. The maximum absolute atomic E-state index is 12.4. The lowest BCUT2D eigenvalue weighted by Gasteiger charge is -2.22. The van der Waals surface area contributed by atoms with Crippen molar-refractivity contribution in [1.29, 1.82) is 0 Å². The molecule has 20 heavy (non-hydrogen) atoms. The normalized spacial score (nSPS) is 10.2. The first-order valence-corrected chi connectivity index (χ1v) is 6.37. The summed E-state index contributed by atoms with van der Waals surface area (Å²) >= 11 is 0. The summed E-state index contributed by atoms with van der Waals surface area (Å²) in [7, 11) is 0. The first kappa shape index (κ1) is 14.0. The van der Waals surface area contributed by atoms with Crippen LogP contribution in [-0.2, 0) is 6.54 Å². The molecule has 0 radical (unpaired) electrons. The molecule has 0 aliphatic heterocycles. The summed E-state index contributed by atoms with van der Waals surface area (Å²) in [4.78, 5) is 18.0. The molecule has 104 valence electrons. The van der Waals surface area contributed by atoms with Crippen molar-refractivity contribution in [3.05, 3.63) is 59.9 Å². The summed E-state index contributed by atoms with van der Waals surface area (Å²) in [5, 5.41) is 9.13. The number of aromatic nitrogens is 1. The van der Waals surface area contributed by atoms with Crippen LogP contribution in [0.3, 0.4) is 0 Å². The third-order valence-corrected chi connectivity index (χ3v) is 2.91. The molecule has 0 atom stereocenters. The first-order chi connectivity index (χ1) is 9.72. The number of rotatable bonds is 5. The number of carbonyl (C=O) groups excluding carboxylic acids is 1. The van der Waals surface area contributed by atoms with Gasteiger partial charge in [-0.3, -0.25) is 4.79 Å². The zero-order valence-corrected chi connectivity index (χ0v) is 11.1. The highest BCUT2D eigenvalue weighted by Crippen LogP contribution is 2.13. The Balaban J connectivity index is 2.20. The maximum Gasteiger partial charge on any atom is 0.274 e. The zero-order valence-electron chi connectivity index (χ0n) is 11.1. The second kappa shape index (κ2) is 6.68. The fraction of sp³-hybridized carbons (Fsp3) is 0.200. The van der Waals surface area contributed by atoms with Crippen molar-refractivity contribution < 1.29 is 9.90 Å². The fourth-order valence-electron chi connectivity index (χ4n) is 1.92. The minimum absolute atomic E-state index is 0.106. The number of hydrogen-bond acceptors (Lipinski definition) is 4. The van der Waals surface area contributed by atoms with Gasteiger partial charge in [0.2, 0.25) is 0 Å². The summed E-state index contributed by atoms with van der Waals surface area (Å²) in [6.45, 7) is 0.547. The summed E-state index contributed by atoms with van der Waals surface area (Å²) in [6, 6.07) is 12.9. The monoisotopic (exact) mass is 271 g/mol. The highest BCUT2D eigenvalue weighted by atomic mass is 16.3. The van der Waals surface area contributed by atoms with Gasteiger partial charge in [-0.1, -0.05) is 30.3 Å². The number of pyridine rings is 1. The largest absolute Gasteiger partial charge is 0.397 e. The van der Waals surface area contributed by atoms with Gasteiger partial charge in [0, 0.05) is 19.3 Å². The van der Waals surface area contributed by atoms with Crippen molar-refractivity contribution in [1.82, 2.24) is 9.88 Å². The highest BCUT2D eigenvalue weighted by molar-refractivity contribution is 5.97. The Kier molecular flexibility index (Phi) is 4.68. The topological polar surface area (TPSA) is 79.5 Å². The van der Waals surface area contributed by atoms with E-state index in [1.807, 2.05) is 30.3 Å². The van der Waals surface area contributed by atoms with E-state index >= 15 is 0 Å². The molecule has 5 nitrogen and oxygen atoms in total. The lowest BCUT2D eigenvalue weighted by atomic mass is 10.2. The Morgan fingerprint density at radius 2 is 1.95 bits per heavy atom. The van der Waals surface area contributed by atoms with E-state index in [0.29, 0.717) is 12.2 Å². The van der Waals surface area contributed by atoms with Gasteiger partial charge < -0.3 is 15.7 Å². The molecular formula is C15H17N3O2.